The third kappa shape index (κ3) is 4.70. The first-order valence-corrected chi connectivity index (χ1v) is 7.87. The number of rotatable bonds is 5. The Kier molecular flexibility index (Phi) is 5.98. The monoisotopic (exact) mass is 364 g/mol. The van der Waals surface area contributed by atoms with Crippen LogP contribution in [0.3, 0.4) is 0 Å². The number of carbonyl (C=O) groups excluding carboxylic acids is 2. The van der Waals surface area contributed by atoms with Gasteiger partial charge in [0.15, 0.2) is 0 Å². The molecule has 2 aromatic carbocycles. The zero-order valence-corrected chi connectivity index (χ0v) is 14.9. The molecule has 7 heteroatoms. The number of nitrogens with one attached hydrogen (secondary N) is 1. The van der Waals surface area contributed by atoms with Crippen LogP contribution in [0.5, 0.6) is 5.75 Å². The van der Waals surface area contributed by atoms with Crippen molar-refractivity contribution in [2.75, 3.05) is 23.9 Å². The predicted molar refractivity (Wildman–Crippen MR) is 95.8 cm³/mol. The Hall–Kier alpha value is -2.60. The van der Waals surface area contributed by atoms with Gasteiger partial charge in [-0.2, -0.15) is 0 Å². The summed E-state index contributed by atoms with van der Waals surface area (Å²) < 4.78 is 18.5. The fraction of sp³-hybridized carbons (Fsp3) is 0.222. The molecule has 0 aliphatic heterocycles. The summed E-state index contributed by atoms with van der Waals surface area (Å²) in [5.74, 6) is -0.866. The number of anilines is 2. The van der Waals surface area contributed by atoms with Gasteiger partial charge in [0.25, 0.3) is 0 Å². The molecule has 132 valence electrons. The van der Waals surface area contributed by atoms with Crippen LogP contribution in [-0.2, 0) is 9.59 Å². The van der Waals surface area contributed by atoms with E-state index >= 15 is 0 Å². The fourth-order valence-electron chi connectivity index (χ4n) is 2.29. The van der Waals surface area contributed by atoms with Gasteiger partial charge in [0, 0.05) is 12.6 Å². The van der Waals surface area contributed by atoms with Crippen LogP contribution in [0.25, 0.3) is 0 Å². The molecule has 0 radical (unpaired) electrons. The topological polar surface area (TPSA) is 58.6 Å². The van der Waals surface area contributed by atoms with Crippen LogP contribution in [0.4, 0.5) is 15.8 Å². The first-order chi connectivity index (χ1) is 11.8. The molecular weight excluding hydrogens is 347 g/mol. The largest absolute Gasteiger partial charge is 0.495 e. The van der Waals surface area contributed by atoms with E-state index in [0.29, 0.717) is 17.1 Å². The third-order valence-corrected chi connectivity index (χ3v) is 3.82. The second-order valence-corrected chi connectivity index (χ2v) is 5.86. The van der Waals surface area contributed by atoms with E-state index in [1.165, 1.54) is 31.1 Å². The van der Waals surface area contributed by atoms with E-state index in [4.69, 9.17) is 16.3 Å². The highest BCUT2D eigenvalue weighted by atomic mass is 35.5. The summed E-state index contributed by atoms with van der Waals surface area (Å²) in [7, 11) is 1.50. The van der Waals surface area contributed by atoms with Crippen LogP contribution in [0, 0.1) is 12.7 Å². The average molecular weight is 365 g/mol. The van der Waals surface area contributed by atoms with Crippen molar-refractivity contribution in [2.24, 2.45) is 0 Å². The van der Waals surface area contributed by atoms with Gasteiger partial charge in [-0.05, 0) is 42.8 Å². The van der Waals surface area contributed by atoms with Gasteiger partial charge in [0.1, 0.15) is 18.1 Å². The summed E-state index contributed by atoms with van der Waals surface area (Å²) in [5, 5.41) is 2.60. The highest BCUT2D eigenvalue weighted by Gasteiger charge is 2.18. The first kappa shape index (κ1) is 18.7. The van der Waals surface area contributed by atoms with Crippen LogP contribution < -0.4 is 15.0 Å². The maximum absolute atomic E-state index is 13.3. The molecule has 0 aliphatic rings. The van der Waals surface area contributed by atoms with Crippen LogP contribution in [0.15, 0.2) is 36.4 Å². The van der Waals surface area contributed by atoms with Crippen molar-refractivity contribution in [3.8, 4) is 5.75 Å². The normalized spacial score (nSPS) is 10.3. The fourth-order valence-corrected chi connectivity index (χ4v) is 2.46. The van der Waals surface area contributed by atoms with Gasteiger partial charge in [-0.25, -0.2) is 4.39 Å². The molecule has 1 N–H and O–H groups in total. The van der Waals surface area contributed by atoms with E-state index in [9.17, 15) is 14.0 Å². The molecule has 2 aromatic rings. The number of hydrogen-bond acceptors (Lipinski definition) is 3. The molecular formula is C18H18ClFN2O3. The summed E-state index contributed by atoms with van der Waals surface area (Å²) in [6, 6.07) is 9.21. The number of halogens is 2. The standard InChI is InChI=1S/C18H18ClFN2O3/c1-11-4-7-17(25-3)16(8-11)21-18(24)10-22(12(2)23)13-5-6-15(20)14(19)9-13/h4-9H,10H2,1-3H3,(H,21,24). The molecule has 0 heterocycles. The number of aryl methyl sites for hydroxylation is 1. The minimum atomic E-state index is -0.595. The quantitative estimate of drug-likeness (QED) is 0.878. The molecule has 0 unspecified atom stereocenters. The second kappa shape index (κ2) is 7.98. The van der Waals surface area contributed by atoms with Gasteiger partial charge in [0.05, 0.1) is 17.8 Å². The molecule has 5 nitrogen and oxygen atoms in total. The van der Waals surface area contributed by atoms with Crippen molar-refractivity contribution in [1.29, 1.82) is 0 Å². The average Bonchev–Trinajstić information content (AvgIpc) is 2.55. The molecule has 0 bridgehead atoms. The highest BCUT2D eigenvalue weighted by Crippen LogP contribution is 2.26. The lowest BCUT2D eigenvalue weighted by Gasteiger charge is -2.21. The lowest BCUT2D eigenvalue weighted by Crippen LogP contribution is -2.36. The van der Waals surface area contributed by atoms with E-state index in [1.54, 1.807) is 12.1 Å². The number of amides is 2. The minimum absolute atomic E-state index is 0.121. The number of nitrogens with zero attached hydrogens (tertiary/aromatic N) is 1. The lowest BCUT2D eigenvalue weighted by atomic mass is 10.2. The van der Waals surface area contributed by atoms with Crippen LogP contribution in [0.2, 0.25) is 5.02 Å². The van der Waals surface area contributed by atoms with E-state index in [2.05, 4.69) is 5.32 Å². The zero-order chi connectivity index (χ0) is 18.6. The molecule has 0 fully saturated rings. The Morgan fingerprint density at radius 1 is 1.24 bits per heavy atom. The molecule has 25 heavy (non-hydrogen) atoms. The number of benzene rings is 2. The summed E-state index contributed by atoms with van der Waals surface area (Å²) >= 11 is 5.76. The van der Waals surface area contributed by atoms with Gasteiger partial charge in [-0.1, -0.05) is 17.7 Å². The van der Waals surface area contributed by atoms with Crippen LogP contribution in [-0.4, -0.2) is 25.5 Å². The summed E-state index contributed by atoms with van der Waals surface area (Å²) in [6.07, 6.45) is 0. The zero-order valence-electron chi connectivity index (χ0n) is 14.1. The number of carbonyl (C=O) groups is 2. The van der Waals surface area contributed by atoms with Crippen LogP contribution in [0.1, 0.15) is 12.5 Å². The first-order valence-electron chi connectivity index (χ1n) is 7.49. The lowest BCUT2D eigenvalue weighted by molar-refractivity contribution is -0.120. The van der Waals surface area contributed by atoms with Crippen LogP contribution >= 0.6 is 11.6 Å². The molecule has 2 rings (SSSR count). The van der Waals surface area contributed by atoms with Crippen molar-refractivity contribution in [1.82, 2.24) is 0 Å². The summed E-state index contributed by atoms with van der Waals surface area (Å²) in [5.41, 5.74) is 1.79. The minimum Gasteiger partial charge on any atom is -0.495 e. The Bertz CT molecular complexity index is 811. The Labute approximate surface area is 150 Å². The van der Waals surface area contributed by atoms with E-state index in [1.807, 2.05) is 13.0 Å². The smallest absolute Gasteiger partial charge is 0.244 e. The van der Waals surface area contributed by atoms with E-state index < -0.39 is 11.7 Å². The molecule has 2 amide bonds. The summed E-state index contributed by atoms with van der Waals surface area (Å²) in [6.45, 7) is 2.96. The highest BCUT2D eigenvalue weighted by molar-refractivity contribution is 6.31. The molecule has 0 atom stereocenters. The van der Waals surface area contributed by atoms with Crippen molar-refractivity contribution < 1.29 is 18.7 Å². The number of hydrogen-bond donors (Lipinski definition) is 1. The number of methoxy groups -OCH3 is 1. The van der Waals surface area contributed by atoms with Gasteiger partial charge in [-0.15, -0.1) is 0 Å². The molecule has 0 spiro atoms. The molecule has 0 aliphatic carbocycles. The number of ether oxygens (including phenoxy) is 1. The second-order valence-electron chi connectivity index (χ2n) is 5.46. The Morgan fingerprint density at radius 2 is 1.96 bits per heavy atom. The van der Waals surface area contributed by atoms with Crippen molar-refractivity contribution in [3.63, 3.8) is 0 Å². The predicted octanol–water partition coefficient (Wildman–Crippen LogP) is 3.79. The Balaban J connectivity index is 2.20. The van der Waals surface area contributed by atoms with Crippen molar-refractivity contribution in [3.05, 3.63) is 52.8 Å². The molecule has 0 saturated heterocycles. The maximum atomic E-state index is 13.3. The maximum Gasteiger partial charge on any atom is 0.244 e. The molecule has 0 saturated carbocycles. The van der Waals surface area contributed by atoms with Gasteiger partial charge in [-0.3, -0.25) is 9.59 Å². The van der Waals surface area contributed by atoms with Crippen molar-refractivity contribution in [2.45, 2.75) is 13.8 Å². The van der Waals surface area contributed by atoms with E-state index in [-0.39, 0.29) is 17.5 Å². The van der Waals surface area contributed by atoms with E-state index in [0.717, 1.165) is 11.6 Å². The van der Waals surface area contributed by atoms with Gasteiger partial charge in [0.2, 0.25) is 11.8 Å². The molecule has 0 aromatic heterocycles. The third-order valence-electron chi connectivity index (χ3n) is 3.53. The van der Waals surface area contributed by atoms with Gasteiger partial charge >= 0.3 is 0 Å². The SMILES string of the molecule is COc1ccc(C)cc1NC(=O)CN(C(C)=O)c1ccc(F)c(Cl)c1. The Morgan fingerprint density at radius 3 is 2.56 bits per heavy atom. The summed E-state index contributed by atoms with van der Waals surface area (Å²) in [4.78, 5) is 25.5. The van der Waals surface area contributed by atoms with Gasteiger partial charge < -0.3 is 15.0 Å². The van der Waals surface area contributed by atoms with Crippen molar-refractivity contribution >= 4 is 34.8 Å².